The van der Waals surface area contributed by atoms with Crippen molar-refractivity contribution in [3.63, 3.8) is 0 Å². The van der Waals surface area contributed by atoms with E-state index >= 15 is 0 Å². The fourth-order valence-electron chi connectivity index (χ4n) is 1.68. The van der Waals surface area contributed by atoms with Gasteiger partial charge in [-0.3, -0.25) is 9.79 Å². The van der Waals surface area contributed by atoms with E-state index in [2.05, 4.69) is 15.6 Å². The zero-order valence-corrected chi connectivity index (χ0v) is 14.6. The van der Waals surface area contributed by atoms with Gasteiger partial charge in [-0.1, -0.05) is 0 Å². The van der Waals surface area contributed by atoms with E-state index in [1.807, 2.05) is 0 Å². The Morgan fingerprint density at radius 2 is 1.76 bits per heavy atom. The maximum Gasteiger partial charge on any atom is 0.408 e. The summed E-state index contributed by atoms with van der Waals surface area (Å²) in [4.78, 5) is 38.6. The number of nitrogens with two attached hydrogens (primary N) is 2. The van der Waals surface area contributed by atoms with Crippen LogP contribution in [0.15, 0.2) is 4.99 Å². The van der Waals surface area contributed by atoms with Gasteiger partial charge in [-0.2, -0.15) is 0 Å². The monoisotopic (exact) mass is 361 g/mol. The van der Waals surface area contributed by atoms with Crippen molar-refractivity contribution in [3.05, 3.63) is 0 Å². The van der Waals surface area contributed by atoms with E-state index in [9.17, 15) is 19.5 Å². The van der Waals surface area contributed by atoms with Crippen LogP contribution in [-0.2, 0) is 14.3 Å². The highest BCUT2D eigenvalue weighted by Gasteiger charge is 2.27. The van der Waals surface area contributed by atoms with Gasteiger partial charge in [0.2, 0.25) is 5.91 Å². The van der Waals surface area contributed by atoms with Crippen LogP contribution >= 0.6 is 0 Å². The number of nitrogens with zero attached hydrogens (tertiary/aromatic N) is 1. The predicted octanol–water partition coefficient (Wildman–Crippen LogP) is -1.50. The molecule has 0 aliphatic carbocycles. The van der Waals surface area contributed by atoms with E-state index in [0.29, 0.717) is 6.42 Å². The fraction of sp³-hybridized carbons (Fsp3) is 0.714. The highest BCUT2D eigenvalue weighted by Crippen LogP contribution is 2.07. The Morgan fingerprint density at radius 1 is 1.16 bits per heavy atom. The lowest BCUT2D eigenvalue weighted by molar-refractivity contribution is -0.142. The number of carbonyl (C=O) groups excluding carboxylic acids is 2. The third-order valence-electron chi connectivity index (χ3n) is 2.75. The first-order valence-electron chi connectivity index (χ1n) is 7.65. The number of alkyl carbamates (subject to hydrolysis) is 1. The highest BCUT2D eigenvalue weighted by molar-refractivity contribution is 5.89. The molecule has 0 unspecified atom stereocenters. The Balaban J connectivity index is 4.65. The van der Waals surface area contributed by atoms with Crippen molar-refractivity contribution in [2.45, 2.75) is 51.3 Å². The predicted molar refractivity (Wildman–Crippen MR) is 89.7 cm³/mol. The van der Waals surface area contributed by atoms with Gasteiger partial charge in [-0.15, -0.1) is 0 Å². The topological polar surface area (TPSA) is 189 Å². The number of carboxylic acid groups (broad SMARTS) is 1. The van der Waals surface area contributed by atoms with E-state index in [0.717, 1.165) is 0 Å². The summed E-state index contributed by atoms with van der Waals surface area (Å²) in [5.74, 6) is -2.22. The van der Waals surface area contributed by atoms with Crippen LogP contribution in [0.4, 0.5) is 4.79 Å². The largest absolute Gasteiger partial charge is 0.480 e. The van der Waals surface area contributed by atoms with Crippen molar-refractivity contribution in [2.24, 2.45) is 16.5 Å². The Labute approximate surface area is 145 Å². The molecule has 0 aliphatic heterocycles. The molecule has 2 amide bonds. The van der Waals surface area contributed by atoms with Gasteiger partial charge in [0.25, 0.3) is 0 Å². The molecule has 11 nitrogen and oxygen atoms in total. The number of hydrogen-bond donors (Lipinski definition) is 6. The van der Waals surface area contributed by atoms with Crippen LogP contribution in [-0.4, -0.2) is 65.0 Å². The molecule has 8 N–H and O–H groups in total. The minimum Gasteiger partial charge on any atom is -0.480 e. The number of aliphatic carboxylic acids is 1. The molecule has 0 rings (SSSR count). The summed E-state index contributed by atoms with van der Waals surface area (Å²) in [6.45, 7) is 4.40. The van der Waals surface area contributed by atoms with Crippen molar-refractivity contribution >= 4 is 23.9 Å². The number of guanidine groups is 1. The summed E-state index contributed by atoms with van der Waals surface area (Å²) in [6.07, 6.45) is -0.512. The molecule has 0 saturated carbocycles. The summed E-state index contributed by atoms with van der Waals surface area (Å²) in [5, 5.41) is 22.8. The van der Waals surface area contributed by atoms with Crippen LogP contribution in [0.25, 0.3) is 0 Å². The second kappa shape index (κ2) is 10.3. The lowest BCUT2D eigenvalue weighted by Crippen LogP contribution is -2.53. The molecule has 0 fully saturated rings. The fourth-order valence-corrected chi connectivity index (χ4v) is 1.68. The summed E-state index contributed by atoms with van der Waals surface area (Å²) >= 11 is 0. The van der Waals surface area contributed by atoms with Crippen LogP contribution < -0.4 is 22.1 Å². The molecule has 0 aromatic rings. The number of aliphatic hydroxyl groups is 1. The Kier molecular flexibility index (Phi) is 9.28. The Morgan fingerprint density at radius 3 is 2.20 bits per heavy atom. The van der Waals surface area contributed by atoms with Crippen molar-refractivity contribution in [1.82, 2.24) is 10.6 Å². The van der Waals surface area contributed by atoms with Crippen molar-refractivity contribution in [1.29, 1.82) is 0 Å². The first-order valence-corrected chi connectivity index (χ1v) is 7.65. The van der Waals surface area contributed by atoms with Crippen molar-refractivity contribution < 1.29 is 29.3 Å². The smallest absolute Gasteiger partial charge is 0.408 e. The molecule has 11 heteroatoms. The van der Waals surface area contributed by atoms with E-state index in [1.165, 1.54) is 0 Å². The average Bonchev–Trinajstić information content (AvgIpc) is 2.45. The van der Waals surface area contributed by atoms with E-state index in [4.69, 9.17) is 21.3 Å². The van der Waals surface area contributed by atoms with E-state index < -0.39 is 42.3 Å². The highest BCUT2D eigenvalue weighted by atomic mass is 16.6. The number of amides is 2. The van der Waals surface area contributed by atoms with Gasteiger partial charge in [-0.05, 0) is 33.6 Å². The standard InChI is InChI=1S/C14H27N5O6/c1-14(2,3)25-13(24)19-9(7-20)10(21)18-8(11(22)23)5-4-6-17-12(15)16/h8-9,20H,4-7H2,1-3H3,(H,18,21)(H,19,24)(H,22,23)(H4,15,16,17)/t8-,9-/m0/s1. The minimum atomic E-state index is -1.34. The molecule has 0 heterocycles. The van der Waals surface area contributed by atoms with Crippen LogP contribution in [0, 0.1) is 0 Å². The van der Waals surface area contributed by atoms with Crippen LogP contribution in [0.3, 0.4) is 0 Å². The molecule has 25 heavy (non-hydrogen) atoms. The van der Waals surface area contributed by atoms with Gasteiger partial charge in [0.1, 0.15) is 17.7 Å². The van der Waals surface area contributed by atoms with Crippen molar-refractivity contribution in [3.8, 4) is 0 Å². The number of rotatable bonds is 9. The maximum atomic E-state index is 12.1. The first-order chi connectivity index (χ1) is 11.5. The molecule has 0 aromatic carbocycles. The number of aliphatic imine (C=N–C) groups is 1. The molecule has 0 spiro atoms. The average molecular weight is 361 g/mol. The van der Waals surface area contributed by atoms with Crippen molar-refractivity contribution in [2.75, 3.05) is 13.2 Å². The lowest BCUT2D eigenvalue weighted by atomic mass is 10.1. The Hall–Kier alpha value is -2.56. The molecule has 0 aromatic heterocycles. The third kappa shape index (κ3) is 10.8. The third-order valence-corrected chi connectivity index (χ3v) is 2.75. The number of carboxylic acids is 1. The molecule has 144 valence electrons. The van der Waals surface area contributed by atoms with Gasteiger partial charge < -0.3 is 37.1 Å². The first kappa shape index (κ1) is 22.4. The molecule has 2 atom stereocenters. The quantitative estimate of drug-likeness (QED) is 0.162. The van der Waals surface area contributed by atoms with Gasteiger partial charge in [0.15, 0.2) is 5.96 Å². The number of aliphatic hydroxyl groups excluding tert-OH is 1. The zero-order chi connectivity index (χ0) is 19.6. The van der Waals surface area contributed by atoms with Gasteiger partial charge in [0, 0.05) is 6.54 Å². The number of ether oxygens (including phenoxy) is 1. The van der Waals surface area contributed by atoms with Gasteiger partial charge >= 0.3 is 12.1 Å². The summed E-state index contributed by atoms with van der Waals surface area (Å²) in [7, 11) is 0. The minimum absolute atomic E-state index is 0.0719. The number of carbonyl (C=O) groups is 3. The second-order valence-electron chi connectivity index (χ2n) is 6.23. The maximum absolute atomic E-state index is 12.1. The summed E-state index contributed by atoms with van der Waals surface area (Å²) in [6, 6.07) is -2.55. The lowest BCUT2D eigenvalue weighted by Gasteiger charge is -2.23. The zero-order valence-electron chi connectivity index (χ0n) is 14.6. The molecule has 0 bridgehead atoms. The van der Waals surface area contributed by atoms with Crippen LogP contribution in [0.5, 0.6) is 0 Å². The number of hydrogen-bond acceptors (Lipinski definition) is 6. The molecular weight excluding hydrogens is 334 g/mol. The van der Waals surface area contributed by atoms with Crippen LogP contribution in [0.1, 0.15) is 33.6 Å². The van der Waals surface area contributed by atoms with Gasteiger partial charge in [-0.25, -0.2) is 9.59 Å². The summed E-state index contributed by atoms with van der Waals surface area (Å²) in [5.41, 5.74) is 9.54. The number of nitrogens with one attached hydrogen (secondary N) is 2. The normalized spacial score (nSPS) is 13.3. The Bertz CT molecular complexity index is 498. The molecular formula is C14H27N5O6. The summed E-state index contributed by atoms with van der Waals surface area (Å²) < 4.78 is 4.98. The molecule has 0 radical (unpaired) electrons. The van der Waals surface area contributed by atoms with Crippen LogP contribution in [0.2, 0.25) is 0 Å². The van der Waals surface area contributed by atoms with E-state index in [1.54, 1.807) is 20.8 Å². The molecule has 0 aliphatic rings. The molecule has 0 saturated heterocycles. The van der Waals surface area contributed by atoms with E-state index in [-0.39, 0.29) is 18.9 Å². The SMILES string of the molecule is CC(C)(C)OC(=O)N[C@@H](CO)C(=O)N[C@@H](CCCN=C(N)N)C(=O)O. The van der Waals surface area contributed by atoms with Gasteiger partial charge in [0.05, 0.1) is 6.61 Å². The second-order valence-corrected chi connectivity index (χ2v) is 6.23.